The van der Waals surface area contributed by atoms with E-state index in [1.165, 1.54) is 20.9 Å². The number of rotatable bonds is 0. The quantitative estimate of drug-likeness (QED) is 0.505. The Morgan fingerprint density at radius 1 is 0.615 bits per heavy atom. The molecule has 0 radical (unpaired) electrons. The van der Waals surface area contributed by atoms with Crippen LogP contribution in [0.2, 0.25) is 0 Å². The van der Waals surface area contributed by atoms with Gasteiger partial charge in [-0.25, -0.2) is 11.8 Å². The first kappa shape index (κ1) is 7.22. The minimum absolute atomic E-state index is 0.851. The van der Waals surface area contributed by atoms with Gasteiger partial charge in [0.1, 0.15) is 0 Å². The molecule has 0 spiro atoms. The summed E-state index contributed by atoms with van der Waals surface area (Å²) < 4.78 is 0. The van der Waals surface area contributed by atoms with Gasteiger partial charge in [-0.1, -0.05) is 36.4 Å². The van der Waals surface area contributed by atoms with Crippen LogP contribution in [0.3, 0.4) is 0 Å². The molecule has 0 saturated heterocycles. The summed E-state index contributed by atoms with van der Waals surface area (Å²) >= 11 is 0.851. The first-order chi connectivity index (χ1) is 6.45. The molecular weight excluding hydrogens is 176 g/mol. The Hall–Kier alpha value is -1.21. The van der Waals surface area contributed by atoms with Crippen LogP contribution in [-0.2, 0) is 0 Å². The molecule has 0 fully saturated rings. The maximum absolute atomic E-state index is 2.23. The van der Waals surface area contributed by atoms with Crippen molar-refractivity contribution >= 4 is 11.8 Å². The normalized spacial score (nSPS) is 12.9. The molecule has 0 amide bonds. The minimum atomic E-state index is 0.851. The minimum Gasteiger partial charge on any atom is -0.211 e. The summed E-state index contributed by atoms with van der Waals surface area (Å²) in [4.78, 5) is 2.98. The molecular formula is C12H10S. The van der Waals surface area contributed by atoms with Gasteiger partial charge in [0.2, 0.25) is 0 Å². The van der Waals surface area contributed by atoms with E-state index in [1.807, 2.05) is 0 Å². The van der Waals surface area contributed by atoms with Crippen molar-refractivity contribution in [2.45, 2.75) is 9.79 Å². The molecule has 0 aliphatic carbocycles. The predicted octanol–water partition coefficient (Wildman–Crippen LogP) is 3.28. The van der Waals surface area contributed by atoms with Crippen molar-refractivity contribution in [3.63, 3.8) is 0 Å². The second-order valence-corrected chi connectivity index (χ2v) is 4.54. The molecule has 0 nitrogen and oxygen atoms in total. The molecule has 0 atom stereocenters. The molecule has 2 aromatic carbocycles. The standard InChI is InChI=1S/C12H10S/c1-3-7-11-9(5-1)10-6-2-4-8-12(10)13-11/h1-8H,13H2. The van der Waals surface area contributed by atoms with Crippen molar-refractivity contribution in [2.75, 3.05) is 0 Å². The fourth-order valence-corrected chi connectivity index (χ4v) is 3.15. The van der Waals surface area contributed by atoms with Crippen LogP contribution in [0, 0.1) is 0 Å². The van der Waals surface area contributed by atoms with Crippen molar-refractivity contribution in [2.24, 2.45) is 0 Å². The zero-order chi connectivity index (χ0) is 8.67. The molecule has 0 N–H and O–H groups in total. The summed E-state index contributed by atoms with van der Waals surface area (Å²) in [5, 5.41) is 0. The lowest BCUT2D eigenvalue weighted by molar-refractivity contribution is 1.45. The van der Waals surface area contributed by atoms with Crippen LogP contribution in [0.4, 0.5) is 0 Å². The molecule has 0 aromatic heterocycles. The lowest BCUT2D eigenvalue weighted by atomic mass is 10.1. The van der Waals surface area contributed by atoms with Gasteiger partial charge in [0.15, 0.2) is 0 Å². The Labute approximate surface area is 81.6 Å². The molecule has 13 heavy (non-hydrogen) atoms. The van der Waals surface area contributed by atoms with Crippen LogP contribution >= 0.6 is 11.8 Å². The monoisotopic (exact) mass is 186 g/mol. The summed E-state index contributed by atoms with van der Waals surface area (Å²) in [6.07, 6.45) is 0. The van der Waals surface area contributed by atoms with Gasteiger partial charge in [0.25, 0.3) is 0 Å². The number of hydrogen-bond acceptors (Lipinski definition) is 0. The van der Waals surface area contributed by atoms with Gasteiger partial charge in [0.05, 0.1) is 0 Å². The zero-order valence-corrected chi connectivity index (χ0v) is 8.12. The number of fused-ring (bicyclic) bond motifs is 3. The van der Waals surface area contributed by atoms with Gasteiger partial charge in [-0.2, -0.15) is 0 Å². The van der Waals surface area contributed by atoms with Crippen molar-refractivity contribution in [3.8, 4) is 11.1 Å². The van der Waals surface area contributed by atoms with E-state index in [-0.39, 0.29) is 0 Å². The molecule has 0 unspecified atom stereocenters. The van der Waals surface area contributed by atoms with Gasteiger partial charge in [-0.15, -0.1) is 0 Å². The van der Waals surface area contributed by atoms with Crippen molar-refractivity contribution in [1.29, 1.82) is 0 Å². The summed E-state index contributed by atoms with van der Waals surface area (Å²) in [6.45, 7) is 0. The van der Waals surface area contributed by atoms with Crippen molar-refractivity contribution in [3.05, 3.63) is 48.5 Å². The molecule has 1 aliphatic rings. The fourth-order valence-electron chi connectivity index (χ4n) is 1.80. The summed E-state index contributed by atoms with van der Waals surface area (Å²) in [5.74, 6) is 0. The van der Waals surface area contributed by atoms with Crippen LogP contribution in [0.1, 0.15) is 0 Å². The third-order valence-electron chi connectivity index (χ3n) is 2.41. The Morgan fingerprint density at radius 2 is 1.08 bits per heavy atom. The lowest BCUT2D eigenvalue weighted by Crippen LogP contribution is -1.73. The van der Waals surface area contributed by atoms with Gasteiger partial charge in [-0.05, 0) is 33.1 Å². The van der Waals surface area contributed by atoms with E-state index in [2.05, 4.69) is 48.5 Å². The number of benzene rings is 2. The molecule has 0 saturated carbocycles. The fraction of sp³-hybridized carbons (Fsp3) is 0. The molecule has 64 valence electrons. The second kappa shape index (κ2) is 2.64. The van der Waals surface area contributed by atoms with Crippen LogP contribution in [0.15, 0.2) is 58.3 Å². The molecule has 1 aliphatic heterocycles. The topological polar surface area (TPSA) is 0 Å². The van der Waals surface area contributed by atoms with Gasteiger partial charge in [-0.3, -0.25) is 0 Å². The Balaban J connectivity index is 2.32. The van der Waals surface area contributed by atoms with Crippen LogP contribution in [0.5, 0.6) is 0 Å². The summed E-state index contributed by atoms with van der Waals surface area (Å²) in [5.41, 5.74) is 2.85. The average molecular weight is 186 g/mol. The molecule has 1 heterocycles. The Kier molecular flexibility index (Phi) is 1.47. The lowest BCUT2D eigenvalue weighted by Gasteiger charge is -1.97. The highest BCUT2D eigenvalue weighted by Gasteiger charge is 2.14. The predicted molar refractivity (Wildman–Crippen MR) is 58.8 cm³/mol. The maximum Gasteiger partial charge on any atom is -0.00323 e. The molecule has 3 rings (SSSR count). The Bertz CT molecular complexity index is 417. The summed E-state index contributed by atoms with van der Waals surface area (Å²) in [6, 6.07) is 17.4. The highest BCUT2D eigenvalue weighted by Crippen LogP contribution is 2.47. The van der Waals surface area contributed by atoms with Gasteiger partial charge >= 0.3 is 0 Å². The smallest absolute Gasteiger partial charge is 0.00323 e. The average Bonchev–Trinajstić information content (AvgIpc) is 2.56. The highest BCUT2D eigenvalue weighted by atomic mass is 32.2. The first-order valence-corrected chi connectivity index (χ1v) is 5.40. The van der Waals surface area contributed by atoms with E-state index in [4.69, 9.17) is 0 Å². The van der Waals surface area contributed by atoms with E-state index in [1.54, 1.807) is 0 Å². The molecule has 0 bridgehead atoms. The van der Waals surface area contributed by atoms with E-state index < -0.39 is 0 Å². The SMILES string of the molecule is c1ccc2c(c1)[SH2]c1ccccc1-2. The Morgan fingerprint density at radius 3 is 1.62 bits per heavy atom. The summed E-state index contributed by atoms with van der Waals surface area (Å²) in [7, 11) is 0. The third-order valence-corrected chi connectivity index (χ3v) is 3.82. The zero-order valence-electron chi connectivity index (χ0n) is 7.12. The highest BCUT2D eigenvalue weighted by molar-refractivity contribution is 8.00. The third kappa shape index (κ3) is 1.01. The first-order valence-electron chi connectivity index (χ1n) is 4.40. The van der Waals surface area contributed by atoms with E-state index in [0.29, 0.717) is 0 Å². The molecule has 1 heteroatoms. The van der Waals surface area contributed by atoms with Crippen LogP contribution in [0.25, 0.3) is 11.1 Å². The van der Waals surface area contributed by atoms with Crippen LogP contribution < -0.4 is 0 Å². The van der Waals surface area contributed by atoms with Crippen molar-refractivity contribution in [1.82, 2.24) is 0 Å². The van der Waals surface area contributed by atoms with Gasteiger partial charge < -0.3 is 0 Å². The van der Waals surface area contributed by atoms with Gasteiger partial charge in [0, 0.05) is 0 Å². The van der Waals surface area contributed by atoms with E-state index in [0.717, 1.165) is 11.8 Å². The van der Waals surface area contributed by atoms with Crippen molar-refractivity contribution < 1.29 is 0 Å². The number of hydrogen-bond donors (Lipinski definition) is 0. The van der Waals surface area contributed by atoms with Crippen LogP contribution in [-0.4, -0.2) is 0 Å². The largest absolute Gasteiger partial charge is 0.211 e. The maximum atomic E-state index is 2.23. The second-order valence-electron chi connectivity index (χ2n) is 3.22. The van der Waals surface area contributed by atoms with E-state index in [9.17, 15) is 0 Å². The van der Waals surface area contributed by atoms with E-state index >= 15 is 0 Å². The molecule has 2 aromatic rings.